The molecule has 0 aromatic heterocycles. The van der Waals surface area contributed by atoms with Crippen molar-refractivity contribution in [1.82, 2.24) is 5.06 Å². The van der Waals surface area contributed by atoms with E-state index in [2.05, 4.69) is 4.99 Å². The summed E-state index contributed by atoms with van der Waals surface area (Å²) in [6.45, 7) is 0.208. The van der Waals surface area contributed by atoms with E-state index in [1.54, 1.807) is 36.4 Å². The molecule has 6 nitrogen and oxygen atoms in total. The van der Waals surface area contributed by atoms with Crippen LogP contribution in [0.4, 0.5) is 11.4 Å². The van der Waals surface area contributed by atoms with Crippen LogP contribution in [0.1, 0.15) is 5.56 Å². The van der Waals surface area contributed by atoms with Crippen LogP contribution in [0.3, 0.4) is 0 Å². The lowest BCUT2D eigenvalue weighted by molar-refractivity contribution is -0.0179. The van der Waals surface area contributed by atoms with Crippen molar-refractivity contribution in [3.05, 3.63) is 48.0 Å². The van der Waals surface area contributed by atoms with Crippen molar-refractivity contribution >= 4 is 27.6 Å². The van der Waals surface area contributed by atoms with Gasteiger partial charge >= 0.3 is 0 Å². The first kappa shape index (κ1) is 15.5. The van der Waals surface area contributed by atoms with Crippen LogP contribution in [0.5, 0.6) is 0 Å². The number of para-hydroxylation sites is 1. The minimum Gasteiger partial charge on any atom is -0.378 e. The zero-order valence-corrected chi connectivity index (χ0v) is 13.7. The lowest BCUT2D eigenvalue weighted by Gasteiger charge is -2.20. The van der Waals surface area contributed by atoms with E-state index in [4.69, 9.17) is 0 Å². The number of hydrogen-bond donors (Lipinski definition) is 1. The summed E-state index contributed by atoms with van der Waals surface area (Å²) >= 11 is 0. The van der Waals surface area contributed by atoms with Crippen molar-refractivity contribution in [1.29, 1.82) is 0 Å². The van der Waals surface area contributed by atoms with E-state index < -0.39 is 9.84 Å². The summed E-state index contributed by atoms with van der Waals surface area (Å²) in [5.41, 5.74) is 1.86. The van der Waals surface area contributed by atoms with Gasteiger partial charge in [-0.05, 0) is 24.3 Å². The number of benzene rings is 2. The maximum Gasteiger partial charge on any atom is 0.208 e. The SMILES string of the molecule is CN(C)c1cccc(S(=O)(=O)c2cccc3c2N=CN(O)C3)c1. The summed E-state index contributed by atoms with van der Waals surface area (Å²) < 4.78 is 26.0. The van der Waals surface area contributed by atoms with Gasteiger partial charge in [0.1, 0.15) is 6.34 Å². The molecule has 0 fully saturated rings. The molecule has 2 aromatic rings. The van der Waals surface area contributed by atoms with E-state index in [9.17, 15) is 13.6 Å². The van der Waals surface area contributed by atoms with Crippen LogP contribution in [0.15, 0.2) is 57.2 Å². The van der Waals surface area contributed by atoms with E-state index in [1.807, 2.05) is 25.1 Å². The first-order valence-corrected chi connectivity index (χ1v) is 8.52. The lowest BCUT2D eigenvalue weighted by Crippen LogP contribution is -2.20. The molecule has 1 N–H and O–H groups in total. The van der Waals surface area contributed by atoms with Crippen LogP contribution in [0.25, 0.3) is 0 Å². The summed E-state index contributed by atoms with van der Waals surface area (Å²) in [5, 5.41) is 10.4. The van der Waals surface area contributed by atoms with Crippen molar-refractivity contribution in [2.24, 2.45) is 4.99 Å². The first-order chi connectivity index (χ1) is 10.9. The van der Waals surface area contributed by atoms with Crippen molar-refractivity contribution in [2.45, 2.75) is 16.3 Å². The van der Waals surface area contributed by atoms with E-state index in [-0.39, 0.29) is 16.3 Å². The second-order valence-corrected chi connectivity index (χ2v) is 7.42. The number of hydroxylamine groups is 2. The maximum absolute atomic E-state index is 13.0. The Bertz CT molecular complexity index is 876. The van der Waals surface area contributed by atoms with Gasteiger partial charge in [-0.15, -0.1) is 0 Å². The number of nitrogens with zero attached hydrogens (tertiary/aromatic N) is 3. The van der Waals surface area contributed by atoms with Gasteiger partial charge in [-0.25, -0.2) is 18.5 Å². The normalized spacial score (nSPS) is 13.8. The van der Waals surface area contributed by atoms with Gasteiger partial charge in [0.05, 0.1) is 22.0 Å². The van der Waals surface area contributed by atoms with Gasteiger partial charge in [0.25, 0.3) is 0 Å². The molecular formula is C16H17N3O3S. The highest BCUT2D eigenvalue weighted by Gasteiger charge is 2.25. The van der Waals surface area contributed by atoms with Crippen LogP contribution in [0, 0.1) is 0 Å². The minimum absolute atomic E-state index is 0.148. The molecule has 0 aliphatic carbocycles. The average Bonchev–Trinajstić information content (AvgIpc) is 2.54. The molecule has 0 radical (unpaired) electrons. The van der Waals surface area contributed by atoms with Gasteiger partial charge in [0, 0.05) is 25.3 Å². The average molecular weight is 331 g/mol. The number of sulfone groups is 1. The van der Waals surface area contributed by atoms with Gasteiger partial charge in [-0.2, -0.15) is 0 Å². The summed E-state index contributed by atoms with van der Waals surface area (Å²) in [6.07, 6.45) is 1.22. The summed E-state index contributed by atoms with van der Waals surface area (Å²) in [7, 11) is 0.0203. The van der Waals surface area contributed by atoms with E-state index in [0.717, 1.165) is 10.8 Å². The van der Waals surface area contributed by atoms with Crippen LogP contribution in [-0.4, -0.2) is 39.1 Å². The van der Waals surface area contributed by atoms with Gasteiger partial charge in [0.15, 0.2) is 0 Å². The monoisotopic (exact) mass is 331 g/mol. The predicted molar refractivity (Wildman–Crippen MR) is 88.1 cm³/mol. The number of aliphatic imine (C=N–C) groups is 1. The van der Waals surface area contributed by atoms with E-state index in [1.165, 1.54) is 6.34 Å². The molecule has 0 unspecified atom stereocenters. The molecule has 0 amide bonds. The summed E-state index contributed by atoms with van der Waals surface area (Å²) in [6, 6.07) is 11.7. The van der Waals surface area contributed by atoms with Crippen LogP contribution < -0.4 is 4.90 Å². The van der Waals surface area contributed by atoms with Gasteiger partial charge < -0.3 is 4.90 Å². The zero-order chi connectivity index (χ0) is 16.6. The van der Waals surface area contributed by atoms with Crippen molar-refractivity contribution in [3.8, 4) is 0 Å². The van der Waals surface area contributed by atoms with E-state index >= 15 is 0 Å². The second kappa shape index (κ2) is 5.68. The Hall–Kier alpha value is -2.38. The van der Waals surface area contributed by atoms with Gasteiger partial charge in [-0.1, -0.05) is 18.2 Å². The molecule has 3 rings (SSSR count). The topological polar surface area (TPSA) is 73.2 Å². The van der Waals surface area contributed by atoms with Crippen LogP contribution in [-0.2, 0) is 16.4 Å². The summed E-state index contributed by atoms with van der Waals surface area (Å²) in [4.78, 5) is 6.30. The Morgan fingerprint density at radius 2 is 1.91 bits per heavy atom. The fraction of sp³-hybridized carbons (Fsp3) is 0.188. The molecule has 23 heavy (non-hydrogen) atoms. The van der Waals surface area contributed by atoms with E-state index in [0.29, 0.717) is 11.3 Å². The number of hydrogen-bond acceptors (Lipinski definition) is 6. The van der Waals surface area contributed by atoms with Gasteiger partial charge in [0.2, 0.25) is 9.84 Å². The largest absolute Gasteiger partial charge is 0.378 e. The highest BCUT2D eigenvalue weighted by atomic mass is 32.2. The standard InChI is InChI=1S/C16H17N3O3S/c1-18(2)13-6-4-7-14(9-13)23(21,22)15-8-3-5-12-10-19(20)11-17-16(12)15/h3-9,11,20H,10H2,1-2H3. The minimum atomic E-state index is -3.69. The zero-order valence-electron chi connectivity index (χ0n) is 12.8. The maximum atomic E-state index is 13.0. The molecule has 0 spiro atoms. The third-order valence-electron chi connectivity index (χ3n) is 3.67. The molecule has 2 aromatic carbocycles. The molecule has 0 bridgehead atoms. The summed E-state index contributed by atoms with van der Waals surface area (Å²) in [5.74, 6) is 0. The Morgan fingerprint density at radius 1 is 1.17 bits per heavy atom. The highest BCUT2D eigenvalue weighted by molar-refractivity contribution is 7.91. The van der Waals surface area contributed by atoms with Gasteiger partial charge in [-0.3, -0.25) is 5.21 Å². The Kier molecular flexibility index (Phi) is 3.83. The Balaban J connectivity index is 2.14. The van der Waals surface area contributed by atoms with Crippen molar-refractivity contribution in [3.63, 3.8) is 0 Å². The van der Waals surface area contributed by atoms with Crippen molar-refractivity contribution < 1.29 is 13.6 Å². The Labute approximate surface area is 135 Å². The molecule has 0 saturated carbocycles. The molecular weight excluding hydrogens is 314 g/mol. The molecule has 0 saturated heterocycles. The smallest absolute Gasteiger partial charge is 0.208 e. The Morgan fingerprint density at radius 3 is 2.65 bits per heavy atom. The molecule has 7 heteroatoms. The number of rotatable bonds is 3. The fourth-order valence-corrected chi connectivity index (χ4v) is 3.94. The highest BCUT2D eigenvalue weighted by Crippen LogP contribution is 2.35. The third-order valence-corrected chi connectivity index (χ3v) is 5.45. The molecule has 120 valence electrons. The number of anilines is 1. The van der Waals surface area contributed by atoms with Crippen molar-refractivity contribution in [2.75, 3.05) is 19.0 Å². The molecule has 1 aliphatic heterocycles. The third kappa shape index (κ3) is 2.80. The predicted octanol–water partition coefficient (Wildman–Crippen LogP) is 2.45. The lowest BCUT2D eigenvalue weighted by atomic mass is 10.1. The molecule has 1 aliphatic rings. The first-order valence-electron chi connectivity index (χ1n) is 7.03. The molecule has 0 atom stereocenters. The van der Waals surface area contributed by atoms with Crippen LogP contribution in [0.2, 0.25) is 0 Å². The van der Waals surface area contributed by atoms with Crippen LogP contribution >= 0.6 is 0 Å². The fourth-order valence-electron chi connectivity index (χ4n) is 2.45. The number of fused-ring (bicyclic) bond motifs is 1. The second-order valence-electron chi connectivity index (χ2n) is 5.50. The molecule has 1 heterocycles. The quantitative estimate of drug-likeness (QED) is 0.935.